The Labute approximate surface area is 159 Å². The predicted molar refractivity (Wildman–Crippen MR) is 106 cm³/mol. The van der Waals surface area contributed by atoms with E-state index >= 15 is 0 Å². The van der Waals surface area contributed by atoms with Crippen LogP contribution >= 0.6 is 0 Å². The number of carbonyl (C=O) groups is 2. The zero-order valence-electron chi connectivity index (χ0n) is 15.8. The summed E-state index contributed by atoms with van der Waals surface area (Å²) in [5, 5.41) is 5.70. The minimum atomic E-state index is -0.357. The normalized spacial score (nSPS) is 10.3. The van der Waals surface area contributed by atoms with Crippen molar-refractivity contribution in [1.82, 2.24) is 5.32 Å². The van der Waals surface area contributed by atoms with E-state index in [1.807, 2.05) is 38.1 Å². The molecule has 0 spiro atoms. The molecule has 27 heavy (non-hydrogen) atoms. The summed E-state index contributed by atoms with van der Waals surface area (Å²) in [7, 11) is 0. The number of amides is 3. The molecule has 0 aliphatic carbocycles. The van der Waals surface area contributed by atoms with Crippen LogP contribution in [-0.4, -0.2) is 25.0 Å². The highest BCUT2D eigenvalue weighted by Crippen LogP contribution is 2.18. The highest BCUT2D eigenvalue weighted by Gasteiger charge is 2.16. The Morgan fingerprint density at radius 2 is 1.70 bits per heavy atom. The number of nitrogens with zero attached hydrogens (tertiary/aromatic N) is 1. The lowest BCUT2D eigenvalue weighted by atomic mass is 10.2. The van der Waals surface area contributed by atoms with Gasteiger partial charge >= 0.3 is 6.03 Å². The van der Waals surface area contributed by atoms with Gasteiger partial charge in [-0.25, -0.2) is 9.18 Å². The summed E-state index contributed by atoms with van der Waals surface area (Å²) in [6, 6.07) is 13.0. The van der Waals surface area contributed by atoms with Gasteiger partial charge in [-0.1, -0.05) is 24.6 Å². The van der Waals surface area contributed by atoms with E-state index in [9.17, 15) is 14.0 Å². The molecule has 3 amide bonds. The summed E-state index contributed by atoms with van der Waals surface area (Å²) in [4.78, 5) is 25.8. The summed E-state index contributed by atoms with van der Waals surface area (Å²) in [6.45, 7) is 4.80. The minimum absolute atomic E-state index is 0.00920. The fraction of sp³-hybridized carbons (Fsp3) is 0.333. The Bertz CT molecular complexity index is 745. The Hall–Kier alpha value is -2.89. The van der Waals surface area contributed by atoms with E-state index in [0.29, 0.717) is 37.3 Å². The molecule has 5 nitrogen and oxygen atoms in total. The number of aryl methyl sites for hydroxylation is 1. The standard InChI is InChI=1S/C21H26FN3O2/c1-3-5-20(26)23-14-4-15-25(19-12-8-17(22)9-13-19)21(27)24-18-10-6-16(2)7-11-18/h6-13H,3-5,14-15H2,1-2H3,(H,23,26)(H,24,27). The number of hydrogen-bond donors (Lipinski definition) is 2. The topological polar surface area (TPSA) is 61.4 Å². The van der Waals surface area contributed by atoms with Crippen LogP contribution in [0.1, 0.15) is 31.7 Å². The second kappa shape index (κ2) is 10.3. The molecule has 0 aromatic heterocycles. The average molecular weight is 371 g/mol. The summed E-state index contributed by atoms with van der Waals surface area (Å²) in [5.41, 5.74) is 2.39. The minimum Gasteiger partial charge on any atom is -0.356 e. The largest absolute Gasteiger partial charge is 0.356 e. The SMILES string of the molecule is CCCC(=O)NCCCN(C(=O)Nc1ccc(C)cc1)c1ccc(F)cc1. The predicted octanol–water partition coefficient (Wildman–Crippen LogP) is 4.48. The van der Waals surface area contributed by atoms with Gasteiger partial charge in [0.25, 0.3) is 0 Å². The highest BCUT2D eigenvalue weighted by atomic mass is 19.1. The van der Waals surface area contributed by atoms with E-state index in [2.05, 4.69) is 10.6 Å². The Kier molecular flexibility index (Phi) is 7.79. The number of anilines is 2. The van der Waals surface area contributed by atoms with E-state index in [1.165, 1.54) is 12.1 Å². The van der Waals surface area contributed by atoms with E-state index in [4.69, 9.17) is 0 Å². The molecule has 2 aromatic carbocycles. The Morgan fingerprint density at radius 3 is 2.33 bits per heavy atom. The number of nitrogens with one attached hydrogen (secondary N) is 2. The lowest BCUT2D eigenvalue weighted by Gasteiger charge is -2.23. The van der Waals surface area contributed by atoms with Crippen LogP contribution in [0.15, 0.2) is 48.5 Å². The fourth-order valence-electron chi connectivity index (χ4n) is 2.58. The van der Waals surface area contributed by atoms with Gasteiger partial charge in [0, 0.05) is 30.9 Å². The van der Waals surface area contributed by atoms with Gasteiger partial charge in [0.15, 0.2) is 0 Å². The highest BCUT2D eigenvalue weighted by molar-refractivity contribution is 6.01. The quantitative estimate of drug-likeness (QED) is 0.672. The molecular formula is C21H26FN3O2. The van der Waals surface area contributed by atoms with Crippen LogP contribution < -0.4 is 15.5 Å². The van der Waals surface area contributed by atoms with Gasteiger partial charge in [-0.05, 0) is 56.2 Å². The molecular weight excluding hydrogens is 345 g/mol. The number of benzene rings is 2. The van der Waals surface area contributed by atoms with E-state index in [0.717, 1.165) is 12.0 Å². The number of rotatable bonds is 8. The second-order valence-corrected chi connectivity index (χ2v) is 6.38. The summed E-state index contributed by atoms with van der Waals surface area (Å²) >= 11 is 0. The first-order chi connectivity index (χ1) is 13.0. The molecule has 2 aromatic rings. The third-order valence-corrected chi connectivity index (χ3v) is 4.04. The maximum Gasteiger partial charge on any atom is 0.326 e. The van der Waals surface area contributed by atoms with Crippen LogP contribution in [0.4, 0.5) is 20.6 Å². The lowest BCUT2D eigenvalue weighted by Crippen LogP contribution is -2.37. The molecule has 2 rings (SSSR count). The van der Waals surface area contributed by atoms with Crippen LogP contribution in [0.25, 0.3) is 0 Å². The molecule has 0 heterocycles. The average Bonchev–Trinajstić information content (AvgIpc) is 2.65. The van der Waals surface area contributed by atoms with Gasteiger partial charge in [-0.2, -0.15) is 0 Å². The third kappa shape index (κ3) is 6.73. The van der Waals surface area contributed by atoms with Gasteiger partial charge in [-0.3, -0.25) is 9.69 Å². The molecule has 0 saturated heterocycles. The van der Waals surface area contributed by atoms with Crippen molar-refractivity contribution in [2.24, 2.45) is 0 Å². The third-order valence-electron chi connectivity index (χ3n) is 4.04. The first-order valence-corrected chi connectivity index (χ1v) is 9.17. The van der Waals surface area contributed by atoms with E-state index in [-0.39, 0.29) is 17.8 Å². The number of halogens is 1. The molecule has 144 valence electrons. The zero-order valence-corrected chi connectivity index (χ0v) is 15.8. The second-order valence-electron chi connectivity index (χ2n) is 6.38. The maximum absolute atomic E-state index is 13.2. The first kappa shape index (κ1) is 20.4. The zero-order chi connectivity index (χ0) is 19.6. The molecule has 0 fully saturated rings. The molecule has 0 radical (unpaired) electrons. The molecule has 0 aliphatic heterocycles. The van der Waals surface area contributed by atoms with Crippen molar-refractivity contribution >= 4 is 23.3 Å². The van der Waals surface area contributed by atoms with Crippen molar-refractivity contribution in [3.05, 3.63) is 59.9 Å². The van der Waals surface area contributed by atoms with Crippen LogP contribution in [-0.2, 0) is 4.79 Å². The van der Waals surface area contributed by atoms with Crippen molar-refractivity contribution in [1.29, 1.82) is 0 Å². The molecule has 2 N–H and O–H groups in total. The number of carbonyl (C=O) groups excluding carboxylic acids is 2. The Morgan fingerprint density at radius 1 is 1.04 bits per heavy atom. The number of urea groups is 1. The monoisotopic (exact) mass is 371 g/mol. The van der Waals surface area contributed by atoms with Crippen LogP contribution in [0.3, 0.4) is 0 Å². The van der Waals surface area contributed by atoms with Crippen molar-refractivity contribution in [2.45, 2.75) is 33.1 Å². The van der Waals surface area contributed by atoms with E-state index < -0.39 is 0 Å². The van der Waals surface area contributed by atoms with E-state index in [1.54, 1.807) is 17.0 Å². The van der Waals surface area contributed by atoms with Crippen LogP contribution in [0.2, 0.25) is 0 Å². The summed E-state index contributed by atoms with van der Waals surface area (Å²) in [5.74, 6) is -0.348. The molecule has 0 bridgehead atoms. The molecule has 0 saturated carbocycles. The maximum atomic E-state index is 13.2. The Balaban J connectivity index is 2.02. The molecule has 0 aliphatic rings. The number of hydrogen-bond acceptors (Lipinski definition) is 2. The van der Waals surface area contributed by atoms with Gasteiger partial charge in [-0.15, -0.1) is 0 Å². The molecule has 0 atom stereocenters. The van der Waals surface area contributed by atoms with Crippen molar-refractivity contribution in [3.8, 4) is 0 Å². The van der Waals surface area contributed by atoms with Crippen LogP contribution in [0.5, 0.6) is 0 Å². The van der Waals surface area contributed by atoms with Crippen molar-refractivity contribution < 1.29 is 14.0 Å². The summed E-state index contributed by atoms with van der Waals surface area (Å²) < 4.78 is 13.2. The van der Waals surface area contributed by atoms with Gasteiger partial charge in [0.1, 0.15) is 5.82 Å². The lowest BCUT2D eigenvalue weighted by molar-refractivity contribution is -0.121. The van der Waals surface area contributed by atoms with Crippen molar-refractivity contribution in [2.75, 3.05) is 23.3 Å². The first-order valence-electron chi connectivity index (χ1n) is 9.17. The fourth-order valence-corrected chi connectivity index (χ4v) is 2.58. The van der Waals surface area contributed by atoms with Gasteiger partial charge in [0.05, 0.1) is 0 Å². The summed E-state index contributed by atoms with van der Waals surface area (Å²) in [6.07, 6.45) is 1.89. The van der Waals surface area contributed by atoms with Gasteiger partial charge in [0.2, 0.25) is 5.91 Å². The van der Waals surface area contributed by atoms with Gasteiger partial charge < -0.3 is 10.6 Å². The molecule has 0 unspecified atom stereocenters. The smallest absolute Gasteiger partial charge is 0.326 e. The van der Waals surface area contributed by atoms with Crippen LogP contribution in [0, 0.1) is 12.7 Å². The van der Waals surface area contributed by atoms with Crippen molar-refractivity contribution in [3.63, 3.8) is 0 Å². The molecule has 6 heteroatoms.